The Morgan fingerprint density at radius 3 is 2.74 bits per heavy atom. The Morgan fingerprint density at radius 1 is 1.42 bits per heavy atom. The normalized spacial score (nSPS) is 17.1. The van der Waals surface area contributed by atoms with Crippen LogP contribution < -0.4 is 4.90 Å². The van der Waals surface area contributed by atoms with Gasteiger partial charge in [0.15, 0.2) is 0 Å². The summed E-state index contributed by atoms with van der Waals surface area (Å²) in [6, 6.07) is 6.03. The highest BCUT2D eigenvalue weighted by atomic mass is 79.9. The molecule has 1 aliphatic heterocycles. The molecule has 0 aliphatic carbocycles. The van der Waals surface area contributed by atoms with Crippen molar-refractivity contribution in [2.75, 3.05) is 18.0 Å². The fraction of sp³-hybridized carbons (Fsp3) is 0.400. The second-order valence-electron chi connectivity index (χ2n) is 5.04. The van der Waals surface area contributed by atoms with E-state index in [1.807, 2.05) is 12.1 Å². The van der Waals surface area contributed by atoms with Crippen molar-refractivity contribution in [1.29, 1.82) is 0 Å². The number of carboxylic acid groups (broad SMARTS) is 1. The Hall–Kier alpha value is -1.29. The third-order valence-electron chi connectivity index (χ3n) is 3.52. The predicted molar refractivity (Wildman–Crippen MR) is 81.4 cm³/mol. The maximum absolute atomic E-state index is 10.7. The summed E-state index contributed by atoms with van der Waals surface area (Å²) < 4.78 is 0.965. The molecule has 0 spiro atoms. The van der Waals surface area contributed by atoms with E-state index in [9.17, 15) is 4.79 Å². The van der Waals surface area contributed by atoms with E-state index in [4.69, 9.17) is 5.11 Å². The van der Waals surface area contributed by atoms with Crippen LogP contribution in [0.5, 0.6) is 0 Å². The van der Waals surface area contributed by atoms with Gasteiger partial charge in [0.2, 0.25) is 0 Å². The van der Waals surface area contributed by atoms with Crippen LogP contribution in [-0.2, 0) is 4.79 Å². The second-order valence-corrected chi connectivity index (χ2v) is 5.96. The molecule has 0 aromatic heterocycles. The number of aliphatic carboxylic acids is 1. The first-order chi connectivity index (χ1) is 9.06. The highest BCUT2D eigenvalue weighted by molar-refractivity contribution is 9.10. The van der Waals surface area contributed by atoms with Gasteiger partial charge in [0.25, 0.3) is 0 Å². The Bertz CT molecular complexity index is 491. The lowest BCUT2D eigenvalue weighted by molar-refractivity contribution is -0.131. The summed E-state index contributed by atoms with van der Waals surface area (Å²) in [5, 5.41) is 8.77. The van der Waals surface area contributed by atoms with Crippen LogP contribution in [0.4, 0.5) is 5.69 Å². The standard InChI is InChI=1S/C15H18BrNO2/c1-11-6-8-17(9-7-11)14-4-3-13(16)10-12(14)2-5-15(18)19/h2-5,10-11H,6-9H2,1H3,(H,18,19). The van der Waals surface area contributed by atoms with Crippen LogP contribution >= 0.6 is 15.9 Å². The van der Waals surface area contributed by atoms with Gasteiger partial charge in [0.1, 0.15) is 0 Å². The maximum Gasteiger partial charge on any atom is 0.328 e. The molecular weight excluding hydrogens is 306 g/mol. The van der Waals surface area contributed by atoms with Crippen molar-refractivity contribution in [3.63, 3.8) is 0 Å². The molecule has 1 heterocycles. The highest BCUT2D eigenvalue weighted by Gasteiger charge is 2.17. The van der Waals surface area contributed by atoms with Gasteiger partial charge in [-0.25, -0.2) is 4.79 Å². The zero-order valence-electron chi connectivity index (χ0n) is 11.0. The molecule has 102 valence electrons. The smallest absolute Gasteiger partial charge is 0.328 e. The van der Waals surface area contributed by atoms with Crippen molar-refractivity contribution in [2.24, 2.45) is 5.92 Å². The van der Waals surface area contributed by atoms with Crippen LogP contribution in [0.15, 0.2) is 28.7 Å². The molecule has 1 aromatic carbocycles. The molecule has 1 aromatic rings. The van der Waals surface area contributed by atoms with Gasteiger partial charge < -0.3 is 10.0 Å². The zero-order valence-corrected chi connectivity index (χ0v) is 12.6. The predicted octanol–water partition coefficient (Wildman–Crippen LogP) is 3.78. The largest absolute Gasteiger partial charge is 0.478 e. The number of halogens is 1. The van der Waals surface area contributed by atoms with Gasteiger partial charge in [0, 0.05) is 29.3 Å². The Morgan fingerprint density at radius 2 is 2.11 bits per heavy atom. The summed E-state index contributed by atoms with van der Waals surface area (Å²) in [4.78, 5) is 13.0. The van der Waals surface area contributed by atoms with Gasteiger partial charge in [-0.1, -0.05) is 22.9 Å². The number of carbonyl (C=O) groups is 1. The van der Waals surface area contributed by atoms with Gasteiger partial charge >= 0.3 is 5.97 Å². The molecule has 0 saturated carbocycles. The molecule has 19 heavy (non-hydrogen) atoms. The monoisotopic (exact) mass is 323 g/mol. The van der Waals surface area contributed by atoms with Crippen LogP contribution in [0, 0.1) is 5.92 Å². The third kappa shape index (κ3) is 3.83. The van der Waals surface area contributed by atoms with Crippen LogP contribution in [0.1, 0.15) is 25.3 Å². The fourth-order valence-electron chi connectivity index (χ4n) is 2.36. The van der Waals surface area contributed by atoms with Crippen molar-refractivity contribution in [3.8, 4) is 0 Å². The van der Waals surface area contributed by atoms with Gasteiger partial charge in [-0.2, -0.15) is 0 Å². The van der Waals surface area contributed by atoms with Crippen LogP contribution in [0.2, 0.25) is 0 Å². The lowest BCUT2D eigenvalue weighted by Gasteiger charge is -2.33. The Labute approximate surface area is 122 Å². The summed E-state index contributed by atoms with van der Waals surface area (Å²) in [7, 11) is 0. The number of piperidine rings is 1. The van der Waals surface area contributed by atoms with E-state index < -0.39 is 5.97 Å². The van der Waals surface area contributed by atoms with Crippen molar-refractivity contribution in [3.05, 3.63) is 34.3 Å². The Kier molecular flexibility index (Phi) is 4.64. The van der Waals surface area contributed by atoms with E-state index in [2.05, 4.69) is 33.8 Å². The molecule has 0 amide bonds. The molecule has 0 unspecified atom stereocenters. The summed E-state index contributed by atoms with van der Waals surface area (Å²) >= 11 is 3.44. The molecule has 1 N–H and O–H groups in total. The highest BCUT2D eigenvalue weighted by Crippen LogP contribution is 2.29. The number of benzene rings is 1. The third-order valence-corrected chi connectivity index (χ3v) is 4.01. The van der Waals surface area contributed by atoms with E-state index in [1.165, 1.54) is 18.9 Å². The first kappa shape index (κ1) is 14.1. The lowest BCUT2D eigenvalue weighted by atomic mass is 9.98. The number of carboxylic acids is 1. The van der Waals surface area contributed by atoms with Crippen molar-refractivity contribution in [2.45, 2.75) is 19.8 Å². The van der Waals surface area contributed by atoms with E-state index in [0.29, 0.717) is 0 Å². The molecule has 1 aliphatic rings. The average Bonchev–Trinajstić information content (AvgIpc) is 2.38. The molecule has 0 radical (unpaired) electrons. The first-order valence-electron chi connectivity index (χ1n) is 6.52. The molecule has 4 heteroatoms. The fourth-order valence-corrected chi connectivity index (χ4v) is 2.74. The van der Waals surface area contributed by atoms with E-state index in [1.54, 1.807) is 6.08 Å². The van der Waals surface area contributed by atoms with Crippen LogP contribution in [0.25, 0.3) is 6.08 Å². The lowest BCUT2D eigenvalue weighted by Crippen LogP contribution is -2.33. The zero-order chi connectivity index (χ0) is 13.8. The molecule has 0 bridgehead atoms. The van der Waals surface area contributed by atoms with Crippen LogP contribution in [0.3, 0.4) is 0 Å². The first-order valence-corrected chi connectivity index (χ1v) is 7.31. The van der Waals surface area contributed by atoms with Gasteiger partial charge in [0.05, 0.1) is 0 Å². The SMILES string of the molecule is CC1CCN(c2ccc(Br)cc2C=CC(=O)O)CC1. The van der Waals surface area contributed by atoms with E-state index in [-0.39, 0.29) is 0 Å². The maximum atomic E-state index is 10.7. The second kappa shape index (κ2) is 6.24. The number of nitrogens with zero attached hydrogens (tertiary/aromatic N) is 1. The summed E-state index contributed by atoms with van der Waals surface area (Å²) in [6.45, 7) is 4.36. The number of hydrogen-bond acceptors (Lipinski definition) is 2. The summed E-state index contributed by atoms with van der Waals surface area (Å²) in [5.74, 6) is -0.136. The molecule has 0 atom stereocenters. The van der Waals surface area contributed by atoms with Gasteiger partial charge in [-0.15, -0.1) is 0 Å². The molecule has 2 rings (SSSR count). The van der Waals surface area contributed by atoms with Crippen molar-refractivity contribution >= 4 is 33.7 Å². The van der Waals surface area contributed by atoms with Crippen LogP contribution in [-0.4, -0.2) is 24.2 Å². The molecule has 1 fully saturated rings. The van der Waals surface area contributed by atoms with E-state index >= 15 is 0 Å². The number of rotatable bonds is 3. The number of anilines is 1. The van der Waals surface area contributed by atoms with Gasteiger partial charge in [-0.05, 0) is 48.6 Å². The molecule has 3 nitrogen and oxygen atoms in total. The van der Waals surface area contributed by atoms with Crippen molar-refractivity contribution in [1.82, 2.24) is 0 Å². The van der Waals surface area contributed by atoms with Crippen molar-refractivity contribution < 1.29 is 9.90 Å². The minimum Gasteiger partial charge on any atom is -0.478 e. The minimum atomic E-state index is -0.918. The quantitative estimate of drug-likeness (QED) is 0.860. The topological polar surface area (TPSA) is 40.5 Å². The minimum absolute atomic E-state index is 0.782. The molecular formula is C15H18BrNO2. The summed E-state index contributed by atoms with van der Waals surface area (Å²) in [5.41, 5.74) is 2.07. The average molecular weight is 324 g/mol. The summed E-state index contributed by atoms with van der Waals surface area (Å²) in [6.07, 6.45) is 5.24. The Balaban J connectivity index is 2.26. The van der Waals surface area contributed by atoms with E-state index in [0.717, 1.165) is 34.7 Å². The van der Waals surface area contributed by atoms with Gasteiger partial charge in [-0.3, -0.25) is 0 Å². The number of hydrogen-bond donors (Lipinski definition) is 1. The molecule has 1 saturated heterocycles.